The number of hydrogen-bond acceptors (Lipinski definition) is 6. The van der Waals surface area contributed by atoms with E-state index in [0.717, 1.165) is 49.6 Å². The highest BCUT2D eigenvalue weighted by Crippen LogP contribution is 2.28. The molecule has 1 aliphatic heterocycles. The van der Waals surface area contributed by atoms with E-state index in [1.54, 1.807) is 0 Å². The SMILES string of the molecule is CN1CCNCC1c1noc(-c2cccc(OC3CCCC3)c2)n1.Cl. The highest BCUT2D eigenvalue weighted by molar-refractivity contribution is 5.85. The number of nitrogens with zero attached hydrogens (tertiary/aromatic N) is 3. The molecule has 1 N–H and O–H groups in total. The number of ether oxygens (including phenoxy) is 1. The third-order valence-corrected chi connectivity index (χ3v) is 4.94. The number of benzene rings is 1. The molecular formula is C18H25ClN4O2. The van der Waals surface area contributed by atoms with Crippen LogP contribution in [0.5, 0.6) is 5.75 Å². The predicted octanol–water partition coefficient (Wildman–Crippen LogP) is 3.06. The number of aromatic nitrogens is 2. The summed E-state index contributed by atoms with van der Waals surface area (Å²) >= 11 is 0. The summed E-state index contributed by atoms with van der Waals surface area (Å²) < 4.78 is 11.6. The van der Waals surface area contributed by atoms with Gasteiger partial charge < -0.3 is 14.6 Å². The Morgan fingerprint density at radius 1 is 1.28 bits per heavy atom. The van der Waals surface area contributed by atoms with Gasteiger partial charge in [0.1, 0.15) is 5.75 Å². The molecule has 2 aliphatic rings. The van der Waals surface area contributed by atoms with E-state index in [0.29, 0.717) is 12.0 Å². The van der Waals surface area contributed by atoms with Gasteiger partial charge in [0.05, 0.1) is 12.1 Å². The van der Waals surface area contributed by atoms with Gasteiger partial charge in [-0.1, -0.05) is 11.2 Å². The van der Waals surface area contributed by atoms with Gasteiger partial charge in [0.25, 0.3) is 5.89 Å². The van der Waals surface area contributed by atoms with Crippen molar-refractivity contribution in [2.45, 2.75) is 37.8 Å². The summed E-state index contributed by atoms with van der Waals surface area (Å²) in [5.41, 5.74) is 0.913. The fraction of sp³-hybridized carbons (Fsp3) is 0.556. The Balaban J connectivity index is 0.00000182. The molecule has 0 spiro atoms. The molecular weight excluding hydrogens is 340 g/mol. The lowest BCUT2D eigenvalue weighted by Crippen LogP contribution is -2.44. The Labute approximate surface area is 154 Å². The fourth-order valence-electron chi connectivity index (χ4n) is 3.48. The van der Waals surface area contributed by atoms with Gasteiger partial charge in [-0.3, -0.25) is 4.90 Å². The average molecular weight is 365 g/mol. The van der Waals surface area contributed by atoms with Crippen molar-refractivity contribution >= 4 is 12.4 Å². The smallest absolute Gasteiger partial charge is 0.258 e. The minimum absolute atomic E-state index is 0. The van der Waals surface area contributed by atoms with Gasteiger partial charge in [-0.05, 0) is 50.9 Å². The van der Waals surface area contributed by atoms with Crippen LogP contribution < -0.4 is 10.1 Å². The lowest BCUT2D eigenvalue weighted by molar-refractivity contribution is 0.190. The maximum Gasteiger partial charge on any atom is 0.258 e. The van der Waals surface area contributed by atoms with Crippen molar-refractivity contribution in [3.8, 4) is 17.2 Å². The van der Waals surface area contributed by atoms with Crippen LogP contribution in [0.15, 0.2) is 28.8 Å². The maximum atomic E-state index is 6.07. The average Bonchev–Trinajstić information content (AvgIpc) is 3.27. The Bertz CT molecular complexity index is 687. The third-order valence-electron chi connectivity index (χ3n) is 4.94. The maximum absolute atomic E-state index is 6.07. The molecule has 0 amide bonds. The number of piperazine rings is 1. The summed E-state index contributed by atoms with van der Waals surface area (Å²) in [6, 6.07) is 8.13. The topological polar surface area (TPSA) is 63.4 Å². The van der Waals surface area contributed by atoms with Crippen LogP contribution in [-0.4, -0.2) is 47.8 Å². The Hall–Kier alpha value is -1.63. The van der Waals surface area contributed by atoms with Gasteiger partial charge in [-0.25, -0.2) is 0 Å². The van der Waals surface area contributed by atoms with Crippen molar-refractivity contribution in [2.75, 3.05) is 26.7 Å². The van der Waals surface area contributed by atoms with E-state index in [2.05, 4.69) is 27.4 Å². The number of halogens is 1. The number of likely N-dealkylation sites (N-methyl/N-ethyl adjacent to an activating group) is 1. The van der Waals surface area contributed by atoms with Gasteiger partial charge in [0.15, 0.2) is 5.82 Å². The van der Waals surface area contributed by atoms with E-state index < -0.39 is 0 Å². The predicted molar refractivity (Wildman–Crippen MR) is 98.1 cm³/mol. The van der Waals surface area contributed by atoms with Gasteiger partial charge in [0.2, 0.25) is 0 Å². The van der Waals surface area contributed by atoms with E-state index in [-0.39, 0.29) is 18.4 Å². The molecule has 25 heavy (non-hydrogen) atoms. The molecule has 6 nitrogen and oxygen atoms in total. The molecule has 1 aromatic heterocycles. The first kappa shape index (κ1) is 18.2. The van der Waals surface area contributed by atoms with E-state index >= 15 is 0 Å². The van der Waals surface area contributed by atoms with Crippen molar-refractivity contribution in [3.05, 3.63) is 30.1 Å². The van der Waals surface area contributed by atoms with Crippen LogP contribution >= 0.6 is 12.4 Å². The van der Waals surface area contributed by atoms with Crippen LogP contribution in [-0.2, 0) is 0 Å². The summed E-state index contributed by atoms with van der Waals surface area (Å²) in [5, 5.41) is 7.57. The molecule has 7 heteroatoms. The zero-order valence-corrected chi connectivity index (χ0v) is 15.3. The largest absolute Gasteiger partial charge is 0.490 e. The summed E-state index contributed by atoms with van der Waals surface area (Å²) in [5.74, 6) is 2.18. The normalized spacial score (nSPS) is 21.9. The van der Waals surface area contributed by atoms with Crippen molar-refractivity contribution in [1.29, 1.82) is 0 Å². The second-order valence-corrected chi connectivity index (χ2v) is 6.71. The van der Waals surface area contributed by atoms with E-state index in [4.69, 9.17) is 9.26 Å². The standard InChI is InChI=1S/C18H24N4O2.ClH/c1-22-10-9-19-12-16(22)17-20-18(24-21-17)13-5-4-8-15(11-13)23-14-6-2-3-7-14;/h4-5,8,11,14,16,19H,2-3,6-7,9-10,12H2,1H3;1H. The summed E-state index contributed by atoms with van der Waals surface area (Å²) in [4.78, 5) is 6.87. The third kappa shape index (κ3) is 4.14. The molecule has 1 aliphatic carbocycles. The highest BCUT2D eigenvalue weighted by atomic mass is 35.5. The first-order chi connectivity index (χ1) is 11.8. The van der Waals surface area contributed by atoms with Gasteiger partial charge >= 0.3 is 0 Å². The lowest BCUT2D eigenvalue weighted by Gasteiger charge is -2.30. The van der Waals surface area contributed by atoms with Crippen molar-refractivity contribution in [2.24, 2.45) is 0 Å². The number of hydrogen-bond donors (Lipinski definition) is 1. The Morgan fingerprint density at radius 3 is 2.92 bits per heavy atom. The molecule has 1 aromatic carbocycles. The second kappa shape index (κ2) is 8.17. The van der Waals surface area contributed by atoms with Gasteiger partial charge in [-0.15, -0.1) is 12.4 Å². The van der Waals surface area contributed by atoms with Crippen molar-refractivity contribution < 1.29 is 9.26 Å². The molecule has 4 rings (SSSR count). The quantitative estimate of drug-likeness (QED) is 0.899. The van der Waals surface area contributed by atoms with Crippen LogP contribution in [0, 0.1) is 0 Å². The number of nitrogens with one attached hydrogen (secondary N) is 1. The molecule has 1 saturated heterocycles. The van der Waals surface area contributed by atoms with E-state index in [9.17, 15) is 0 Å². The Kier molecular flexibility index (Phi) is 5.93. The van der Waals surface area contributed by atoms with Crippen LogP contribution in [0.1, 0.15) is 37.5 Å². The van der Waals surface area contributed by atoms with Crippen LogP contribution in [0.4, 0.5) is 0 Å². The minimum atomic E-state index is 0. The van der Waals surface area contributed by atoms with Gasteiger partial charge in [0, 0.05) is 25.2 Å². The Morgan fingerprint density at radius 2 is 2.12 bits per heavy atom. The summed E-state index contributed by atoms with van der Waals surface area (Å²) in [6.07, 6.45) is 5.17. The highest BCUT2D eigenvalue weighted by Gasteiger charge is 2.25. The summed E-state index contributed by atoms with van der Waals surface area (Å²) in [6.45, 7) is 2.83. The molecule has 2 aromatic rings. The molecule has 0 radical (unpaired) electrons. The van der Waals surface area contributed by atoms with Gasteiger partial charge in [-0.2, -0.15) is 4.98 Å². The second-order valence-electron chi connectivity index (χ2n) is 6.71. The zero-order chi connectivity index (χ0) is 16.4. The monoisotopic (exact) mass is 364 g/mol. The van der Waals surface area contributed by atoms with E-state index in [1.807, 2.05) is 24.3 Å². The lowest BCUT2D eigenvalue weighted by atomic mass is 10.2. The molecule has 2 fully saturated rings. The van der Waals surface area contributed by atoms with Crippen LogP contribution in [0.2, 0.25) is 0 Å². The van der Waals surface area contributed by atoms with Crippen LogP contribution in [0.25, 0.3) is 11.5 Å². The van der Waals surface area contributed by atoms with E-state index in [1.165, 1.54) is 12.8 Å². The fourth-order valence-corrected chi connectivity index (χ4v) is 3.48. The molecule has 1 atom stereocenters. The molecule has 1 unspecified atom stereocenters. The van der Waals surface area contributed by atoms with Crippen molar-refractivity contribution in [1.82, 2.24) is 20.4 Å². The molecule has 0 bridgehead atoms. The van der Waals surface area contributed by atoms with Crippen LogP contribution in [0.3, 0.4) is 0 Å². The zero-order valence-electron chi connectivity index (χ0n) is 14.5. The first-order valence-electron chi connectivity index (χ1n) is 8.81. The summed E-state index contributed by atoms with van der Waals surface area (Å²) in [7, 11) is 2.09. The number of rotatable bonds is 4. The first-order valence-corrected chi connectivity index (χ1v) is 8.81. The molecule has 1 saturated carbocycles. The minimum Gasteiger partial charge on any atom is -0.490 e. The van der Waals surface area contributed by atoms with Crippen molar-refractivity contribution in [3.63, 3.8) is 0 Å². The molecule has 136 valence electrons. The molecule has 2 heterocycles.